The number of esters is 1. The van der Waals surface area contributed by atoms with E-state index >= 15 is 0 Å². The van der Waals surface area contributed by atoms with Crippen LogP contribution in [0.25, 0.3) is 0 Å². The number of carbonyl (C=O) groups excluding carboxylic acids is 2. The minimum atomic E-state index is -0.848. The zero-order valence-corrected chi connectivity index (χ0v) is 47.3. The van der Waals surface area contributed by atoms with E-state index in [1.165, 1.54) is 276 Å². The van der Waals surface area contributed by atoms with Crippen LogP contribution in [0.15, 0.2) is 24.3 Å². The third-order valence-corrected chi connectivity index (χ3v) is 14.7. The summed E-state index contributed by atoms with van der Waals surface area (Å²) in [6, 6.07) is -0.631. The van der Waals surface area contributed by atoms with Crippen LogP contribution in [0.2, 0.25) is 0 Å². The maximum absolute atomic E-state index is 12.5. The Balaban J connectivity index is 3.42. The number of hydrogen-bond donors (Lipinski definition) is 3. The molecule has 0 saturated carbocycles. The van der Waals surface area contributed by atoms with Gasteiger partial charge in [-0.05, 0) is 57.8 Å². The van der Waals surface area contributed by atoms with Crippen molar-refractivity contribution < 1.29 is 24.5 Å². The Hall–Kier alpha value is -1.66. The van der Waals surface area contributed by atoms with Gasteiger partial charge in [-0.3, -0.25) is 9.59 Å². The van der Waals surface area contributed by atoms with Gasteiger partial charge in [0.25, 0.3) is 0 Å². The zero-order chi connectivity index (χ0) is 50.7. The van der Waals surface area contributed by atoms with E-state index in [0.29, 0.717) is 19.4 Å². The number of rotatable bonds is 59. The topological polar surface area (TPSA) is 95.9 Å². The Morgan fingerprint density at radius 3 is 1.01 bits per heavy atom. The molecule has 6 heteroatoms. The molecule has 0 fully saturated rings. The van der Waals surface area contributed by atoms with E-state index in [4.69, 9.17) is 4.74 Å². The van der Waals surface area contributed by atoms with Crippen LogP contribution in [0.3, 0.4) is 0 Å². The predicted molar refractivity (Wildman–Crippen MR) is 306 cm³/mol. The van der Waals surface area contributed by atoms with Gasteiger partial charge in [0, 0.05) is 12.8 Å². The first-order valence-electron chi connectivity index (χ1n) is 31.6. The molecule has 0 radical (unpaired) electrons. The first-order valence-corrected chi connectivity index (χ1v) is 31.6. The normalized spacial score (nSPS) is 12.7. The fourth-order valence-electron chi connectivity index (χ4n) is 9.87. The highest BCUT2D eigenvalue weighted by Crippen LogP contribution is 2.18. The summed E-state index contributed by atoms with van der Waals surface area (Å²) in [5.41, 5.74) is 0. The quantitative estimate of drug-likeness (QED) is 0.0321. The van der Waals surface area contributed by atoms with Gasteiger partial charge < -0.3 is 20.3 Å². The van der Waals surface area contributed by atoms with E-state index in [2.05, 4.69) is 31.3 Å². The summed E-state index contributed by atoms with van der Waals surface area (Å²) in [6.07, 6.45) is 73.5. The van der Waals surface area contributed by atoms with E-state index in [9.17, 15) is 19.8 Å². The van der Waals surface area contributed by atoms with Crippen molar-refractivity contribution in [2.45, 2.75) is 360 Å². The smallest absolute Gasteiger partial charge is 0.305 e. The molecule has 0 aliphatic heterocycles. The van der Waals surface area contributed by atoms with E-state index < -0.39 is 12.1 Å². The number of ether oxygens (including phenoxy) is 1. The molecule has 2 unspecified atom stereocenters. The van der Waals surface area contributed by atoms with Crippen LogP contribution in [-0.4, -0.2) is 47.4 Å². The summed E-state index contributed by atoms with van der Waals surface area (Å²) in [5.74, 6) is -0.0656. The molecule has 0 heterocycles. The van der Waals surface area contributed by atoms with Crippen LogP contribution in [0.4, 0.5) is 0 Å². The third-order valence-electron chi connectivity index (χ3n) is 14.7. The molecule has 0 aromatic rings. The Morgan fingerprint density at radius 2 is 0.671 bits per heavy atom. The van der Waals surface area contributed by atoms with Crippen molar-refractivity contribution in [1.29, 1.82) is 0 Å². The van der Waals surface area contributed by atoms with Crippen molar-refractivity contribution in [1.82, 2.24) is 5.32 Å². The number of allylic oxidation sites excluding steroid dienone is 3. The molecule has 0 aliphatic carbocycles. The molecule has 70 heavy (non-hydrogen) atoms. The van der Waals surface area contributed by atoms with Crippen LogP contribution in [0.5, 0.6) is 0 Å². The monoisotopic (exact) mass is 986 g/mol. The van der Waals surface area contributed by atoms with Gasteiger partial charge in [0.2, 0.25) is 5.91 Å². The molecule has 1 amide bonds. The summed E-state index contributed by atoms with van der Waals surface area (Å²) >= 11 is 0. The maximum Gasteiger partial charge on any atom is 0.305 e. The first-order chi connectivity index (χ1) is 34.5. The van der Waals surface area contributed by atoms with Crippen LogP contribution in [0, 0.1) is 0 Å². The summed E-state index contributed by atoms with van der Waals surface area (Å²) in [6.45, 7) is 4.91. The lowest BCUT2D eigenvalue weighted by atomic mass is 10.0. The van der Waals surface area contributed by atoms with Crippen LogP contribution in [0.1, 0.15) is 348 Å². The van der Waals surface area contributed by atoms with Crippen molar-refractivity contribution in [3.05, 3.63) is 24.3 Å². The fraction of sp³-hybridized carbons (Fsp3) is 0.906. The molecule has 0 aliphatic rings. The fourth-order valence-corrected chi connectivity index (χ4v) is 9.87. The second-order valence-electron chi connectivity index (χ2n) is 21.7. The molecular formula is C64H123NO5. The number of amides is 1. The van der Waals surface area contributed by atoms with Gasteiger partial charge in [-0.2, -0.15) is 0 Å². The minimum Gasteiger partial charge on any atom is -0.466 e. The minimum absolute atomic E-state index is 0.00375. The van der Waals surface area contributed by atoms with E-state index in [1.54, 1.807) is 6.08 Å². The van der Waals surface area contributed by atoms with Gasteiger partial charge in [0.15, 0.2) is 0 Å². The highest BCUT2D eigenvalue weighted by atomic mass is 16.5. The Bertz CT molecular complexity index is 1090. The average Bonchev–Trinajstić information content (AvgIpc) is 3.36. The number of aliphatic hydroxyl groups is 2. The molecule has 2 atom stereocenters. The summed E-state index contributed by atoms with van der Waals surface area (Å²) in [5, 5.41) is 23.2. The molecule has 0 rings (SSSR count). The molecule has 414 valence electrons. The molecule has 0 saturated heterocycles. The average molecular weight is 987 g/mol. The van der Waals surface area contributed by atoms with Gasteiger partial charge in [0.1, 0.15) is 0 Å². The van der Waals surface area contributed by atoms with Crippen LogP contribution in [-0.2, 0) is 14.3 Å². The summed E-state index contributed by atoms with van der Waals surface area (Å²) in [7, 11) is 0. The Labute approximate surface area is 437 Å². The molecule has 6 nitrogen and oxygen atoms in total. The van der Waals surface area contributed by atoms with E-state index in [0.717, 1.165) is 44.9 Å². The first kappa shape index (κ1) is 68.3. The lowest BCUT2D eigenvalue weighted by Gasteiger charge is -2.20. The number of unbranched alkanes of at least 4 members (excludes halogenated alkanes) is 46. The number of aliphatic hydroxyl groups excluding tert-OH is 2. The second kappa shape index (κ2) is 59.9. The number of hydrogen-bond acceptors (Lipinski definition) is 5. The molecule has 0 aromatic carbocycles. The molecular weight excluding hydrogens is 863 g/mol. The predicted octanol–water partition coefficient (Wildman–Crippen LogP) is 19.8. The largest absolute Gasteiger partial charge is 0.466 e. The SMILES string of the molecule is CCCCCCCC/C=C\CCCCCCCCCC(=O)OCCCCCCCCCCCCCCCCCCCCC(=O)NC(CO)C(O)/C=C/CCCCCCCCCCCCCCCCCC. The van der Waals surface area contributed by atoms with Gasteiger partial charge in [-0.15, -0.1) is 0 Å². The molecule has 0 bridgehead atoms. The van der Waals surface area contributed by atoms with Crippen LogP contribution >= 0.6 is 0 Å². The van der Waals surface area contributed by atoms with Gasteiger partial charge in [-0.25, -0.2) is 0 Å². The summed E-state index contributed by atoms with van der Waals surface area (Å²) in [4.78, 5) is 24.6. The Morgan fingerprint density at radius 1 is 0.386 bits per heavy atom. The van der Waals surface area contributed by atoms with Crippen molar-refractivity contribution in [3.8, 4) is 0 Å². The Kier molecular flexibility index (Phi) is 58.5. The van der Waals surface area contributed by atoms with Gasteiger partial charge >= 0.3 is 5.97 Å². The number of carbonyl (C=O) groups is 2. The lowest BCUT2D eigenvalue weighted by molar-refractivity contribution is -0.143. The van der Waals surface area contributed by atoms with Crippen molar-refractivity contribution in [2.24, 2.45) is 0 Å². The van der Waals surface area contributed by atoms with Crippen molar-refractivity contribution in [2.75, 3.05) is 13.2 Å². The van der Waals surface area contributed by atoms with Crippen LogP contribution < -0.4 is 5.32 Å². The second-order valence-corrected chi connectivity index (χ2v) is 21.7. The van der Waals surface area contributed by atoms with E-state index in [-0.39, 0.29) is 18.5 Å². The standard InChI is InChI=1S/C64H123NO5/c1-3-5-7-9-11-13-15-17-19-21-25-28-32-36-40-44-48-52-56-62(67)61(60-66)65-63(68)57-53-49-45-41-37-33-29-26-22-23-27-31-35-39-43-47-51-55-59-70-64(69)58-54-50-46-42-38-34-30-24-20-18-16-14-12-10-8-6-4-2/h18,20,52,56,61-62,66-67H,3-17,19,21-51,53-55,57-60H2,1-2H3,(H,65,68)/b20-18-,56-52+. The van der Waals surface area contributed by atoms with Crippen molar-refractivity contribution >= 4 is 11.9 Å². The van der Waals surface area contributed by atoms with Gasteiger partial charge in [-0.1, -0.05) is 301 Å². The van der Waals surface area contributed by atoms with E-state index in [1.807, 2.05) is 6.08 Å². The summed E-state index contributed by atoms with van der Waals surface area (Å²) < 4.78 is 5.49. The molecule has 0 aromatic heterocycles. The molecule has 3 N–H and O–H groups in total. The zero-order valence-electron chi connectivity index (χ0n) is 47.3. The molecule has 0 spiro atoms. The third kappa shape index (κ3) is 55.7. The van der Waals surface area contributed by atoms with Crippen molar-refractivity contribution in [3.63, 3.8) is 0 Å². The highest BCUT2D eigenvalue weighted by molar-refractivity contribution is 5.76. The number of nitrogens with one attached hydrogen (secondary N) is 1. The lowest BCUT2D eigenvalue weighted by Crippen LogP contribution is -2.45. The van der Waals surface area contributed by atoms with Gasteiger partial charge in [0.05, 0.1) is 25.4 Å². The maximum atomic E-state index is 12.5. The highest BCUT2D eigenvalue weighted by Gasteiger charge is 2.18.